The van der Waals surface area contributed by atoms with E-state index in [-0.39, 0.29) is 0 Å². The van der Waals surface area contributed by atoms with Crippen molar-refractivity contribution < 1.29 is 0 Å². The van der Waals surface area contributed by atoms with Gasteiger partial charge in [-0.15, -0.1) is 11.3 Å². The molecule has 15 rings (SSSR count). The summed E-state index contributed by atoms with van der Waals surface area (Å²) in [5.41, 5.74) is 18.2. The zero-order valence-corrected chi connectivity index (χ0v) is 38.3. The summed E-state index contributed by atoms with van der Waals surface area (Å²) in [5, 5.41) is 10.3. The van der Waals surface area contributed by atoms with Crippen molar-refractivity contribution in [2.75, 3.05) is 4.90 Å². The van der Waals surface area contributed by atoms with E-state index in [2.05, 4.69) is 254 Å². The third kappa shape index (κ3) is 5.46. The van der Waals surface area contributed by atoms with Crippen molar-refractivity contribution in [1.82, 2.24) is 0 Å². The molecule has 12 aromatic carbocycles. The molecule has 2 aliphatic rings. The maximum Gasteiger partial charge on any atom is 0.0746 e. The van der Waals surface area contributed by atoms with Crippen LogP contribution in [0.25, 0.3) is 97.0 Å². The molecule has 2 aliphatic carbocycles. The molecule has 0 unspecified atom stereocenters. The Morgan fingerprint density at radius 1 is 0.275 bits per heavy atom. The summed E-state index contributed by atoms with van der Waals surface area (Å²) in [6, 6.07) is 93.2. The SMILES string of the molecule is c1ccc2c(c1)-c1ccccc1C21c2ccccc2-c2cccc(N(c3ccc(-c4ccc(-c5ccc6c(c5)sc5ccccc56)cc4)cc3)c3ccc4c5ccccc5c5ccccc5c4c3)c21. The van der Waals surface area contributed by atoms with Gasteiger partial charge in [0.05, 0.1) is 11.1 Å². The van der Waals surface area contributed by atoms with Crippen LogP contribution in [0.5, 0.6) is 0 Å². The lowest BCUT2D eigenvalue weighted by Crippen LogP contribution is -2.28. The van der Waals surface area contributed by atoms with Crippen molar-refractivity contribution in [3.05, 3.63) is 271 Å². The van der Waals surface area contributed by atoms with Crippen molar-refractivity contribution in [2.45, 2.75) is 5.41 Å². The highest BCUT2D eigenvalue weighted by atomic mass is 32.1. The van der Waals surface area contributed by atoms with E-state index in [0.29, 0.717) is 0 Å². The molecule has 0 saturated heterocycles. The van der Waals surface area contributed by atoms with E-state index >= 15 is 0 Å². The standard InChI is InChI=1S/C67H41NS/c1-2-16-50-48(14-1)49-15-3-4-17-51(49)59-41-47(37-39-52(50)59)68(46-35-32-43(33-36-46)42-28-30-44(31-29-42)45-34-38-57-56-21-8-12-27-64(56)69-65(57)40-45)63-26-13-22-58-55-20-7-11-25-62(55)67(66(58)63)60-23-9-5-18-53(60)54-19-6-10-24-61(54)67/h1-41H. The van der Waals surface area contributed by atoms with Crippen LogP contribution in [0.3, 0.4) is 0 Å². The van der Waals surface area contributed by atoms with E-state index in [4.69, 9.17) is 0 Å². The Kier molecular flexibility index (Phi) is 8.22. The maximum absolute atomic E-state index is 2.54. The lowest BCUT2D eigenvalue weighted by molar-refractivity contribution is 0.793. The molecule has 69 heavy (non-hydrogen) atoms. The van der Waals surface area contributed by atoms with Crippen LogP contribution < -0.4 is 4.90 Å². The van der Waals surface area contributed by atoms with Crippen molar-refractivity contribution in [3.63, 3.8) is 0 Å². The van der Waals surface area contributed by atoms with Crippen molar-refractivity contribution in [1.29, 1.82) is 0 Å². The van der Waals surface area contributed by atoms with Gasteiger partial charge in [-0.05, 0) is 136 Å². The molecule has 0 radical (unpaired) electrons. The van der Waals surface area contributed by atoms with Crippen LogP contribution in [0.1, 0.15) is 22.3 Å². The summed E-state index contributed by atoms with van der Waals surface area (Å²) < 4.78 is 2.66. The van der Waals surface area contributed by atoms with Crippen LogP contribution in [0, 0.1) is 0 Å². The van der Waals surface area contributed by atoms with Crippen molar-refractivity contribution >= 4 is 80.9 Å². The molecule has 1 heterocycles. The monoisotopic (exact) mass is 891 g/mol. The molecule has 2 heteroatoms. The molecule has 0 amide bonds. The number of benzene rings is 12. The molecule has 1 spiro atoms. The smallest absolute Gasteiger partial charge is 0.0746 e. The molecule has 0 atom stereocenters. The van der Waals surface area contributed by atoms with Crippen molar-refractivity contribution in [2.24, 2.45) is 0 Å². The Bertz CT molecular complexity index is 4150. The fourth-order valence-electron chi connectivity index (χ4n) is 12.3. The summed E-state index contributed by atoms with van der Waals surface area (Å²) in [7, 11) is 0. The van der Waals surface area contributed by atoms with Crippen LogP contribution in [0.15, 0.2) is 249 Å². The molecule has 0 fully saturated rings. The van der Waals surface area contributed by atoms with E-state index in [9.17, 15) is 0 Å². The van der Waals surface area contributed by atoms with Gasteiger partial charge in [-0.1, -0.05) is 206 Å². The minimum Gasteiger partial charge on any atom is -0.310 e. The Hall–Kier alpha value is -8.56. The number of hydrogen-bond acceptors (Lipinski definition) is 2. The average Bonchev–Trinajstić information content (AvgIpc) is 4.05. The normalized spacial score (nSPS) is 13.0. The van der Waals surface area contributed by atoms with Crippen molar-refractivity contribution in [3.8, 4) is 44.5 Å². The Labute approximate surface area is 404 Å². The Morgan fingerprint density at radius 2 is 0.696 bits per heavy atom. The first-order chi connectivity index (χ1) is 34.2. The van der Waals surface area contributed by atoms with Crippen LogP contribution in [-0.2, 0) is 5.41 Å². The van der Waals surface area contributed by atoms with Gasteiger partial charge >= 0.3 is 0 Å². The second-order valence-electron chi connectivity index (χ2n) is 18.7. The number of nitrogens with zero attached hydrogens (tertiary/aromatic N) is 1. The summed E-state index contributed by atoms with van der Waals surface area (Å²) in [6.07, 6.45) is 0. The molecule has 0 aliphatic heterocycles. The molecular weight excluding hydrogens is 851 g/mol. The third-order valence-electron chi connectivity index (χ3n) is 15.3. The predicted molar refractivity (Wildman–Crippen MR) is 294 cm³/mol. The van der Waals surface area contributed by atoms with Crippen LogP contribution in [0.2, 0.25) is 0 Å². The first kappa shape index (κ1) is 38.5. The highest BCUT2D eigenvalue weighted by Gasteiger charge is 2.53. The van der Waals surface area contributed by atoms with Gasteiger partial charge in [0.25, 0.3) is 0 Å². The summed E-state index contributed by atoms with van der Waals surface area (Å²) in [6.45, 7) is 0. The number of hydrogen-bond donors (Lipinski definition) is 0. The third-order valence-corrected chi connectivity index (χ3v) is 16.4. The van der Waals surface area contributed by atoms with Crippen LogP contribution >= 0.6 is 11.3 Å². The Balaban J connectivity index is 0.923. The highest BCUT2D eigenvalue weighted by molar-refractivity contribution is 7.25. The molecule has 320 valence electrons. The van der Waals surface area contributed by atoms with Gasteiger partial charge in [0.2, 0.25) is 0 Å². The molecule has 0 bridgehead atoms. The lowest BCUT2D eigenvalue weighted by atomic mass is 9.70. The molecule has 13 aromatic rings. The first-order valence-electron chi connectivity index (χ1n) is 23.9. The van der Waals surface area contributed by atoms with E-state index in [0.717, 1.165) is 11.4 Å². The highest BCUT2D eigenvalue weighted by Crippen LogP contribution is 2.65. The predicted octanol–water partition coefficient (Wildman–Crippen LogP) is 18.7. The number of rotatable bonds is 5. The van der Waals surface area contributed by atoms with E-state index < -0.39 is 5.41 Å². The summed E-state index contributed by atoms with van der Waals surface area (Å²) >= 11 is 1.87. The fourth-order valence-corrected chi connectivity index (χ4v) is 13.5. The average molecular weight is 892 g/mol. The van der Waals surface area contributed by atoms with Gasteiger partial charge in [-0.2, -0.15) is 0 Å². The summed E-state index contributed by atoms with van der Waals surface area (Å²) in [5.74, 6) is 0. The number of thiophene rings is 1. The molecule has 1 nitrogen and oxygen atoms in total. The number of fused-ring (bicyclic) bond motifs is 19. The molecule has 0 N–H and O–H groups in total. The minimum atomic E-state index is -0.517. The van der Waals surface area contributed by atoms with Gasteiger partial charge in [-0.3, -0.25) is 0 Å². The zero-order valence-electron chi connectivity index (χ0n) is 37.5. The second kappa shape index (κ2) is 14.7. The van der Waals surface area contributed by atoms with Gasteiger partial charge in [0.1, 0.15) is 0 Å². The van der Waals surface area contributed by atoms with E-state index in [1.807, 2.05) is 11.3 Å². The molecule has 0 saturated carbocycles. The zero-order chi connectivity index (χ0) is 45.2. The maximum atomic E-state index is 2.54. The van der Waals surface area contributed by atoms with Gasteiger partial charge in [0, 0.05) is 37.1 Å². The second-order valence-corrected chi connectivity index (χ2v) is 19.8. The first-order valence-corrected chi connectivity index (χ1v) is 24.7. The fraction of sp³-hybridized carbons (Fsp3) is 0.0149. The van der Waals surface area contributed by atoms with E-state index in [1.54, 1.807) is 0 Å². The van der Waals surface area contributed by atoms with Crippen LogP contribution in [0.4, 0.5) is 17.1 Å². The summed E-state index contributed by atoms with van der Waals surface area (Å²) in [4.78, 5) is 2.54. The van der Waals surface area contributed by atoms with Gasteiger partial charge < -0.3 is 4.90 Å². The molecular formula is C67H41NS. The topological polar surface area (TPSA) is 3.24 Å². The lowest BCUT2D eigenvalue weighted by Gasteiger charge is -2.36. The van der Waals surface area contributed by atoms with Gasteiger partial charge in [-0.25, -0.2) is 0 Å². The van der Waals surface area contributed by atoms with Crippen LogP contribution in [-0.4, -0.2) is 0 Å². The quantitative estimate of drug-likeness (QED) is 0.156. The number of anilines is 3. The Morgan fingerprint density at radius 3 is 1.32 bits per heavy atom. The van der Waals surface area contributed by atoms with Gasteiger partial charge in [0.15, 0.2) is 0 Å². The minimum absolute atomic E-state index is 0.517. The van der Waals surface area contributed by atoms with E-state index in [1.165, 1.54) is 125 Å². The molecule has 1 aromatic heterocycles. The largest absolute Gasteiger partial charge is 0.310 e.